The molecule has 316 valence electrons. The minimum Gasteiger partial charge on any atom is -0.487 e. The van der Waals surface area contributed by atoms with E-state index in [1.807, 2.05) is 34.9 Å². The van der Waals surface area contributed by atoms with Crippen LogP contribution in [0.4, 0.5) is 11.5 Å². The van der Waals surface area contributed by atoms with E-state index in [9.17, 15) is 14.4 Å². The largest absolute Gasteiger partial charge is 0.487 e. The van der Waals surface area contributed by atoms with Gasteiger partial charge in [-0.05, 0) is 63.4 Å². The van der Waals surface area contributed by atoms with Crippen LogP contribution in [0, 0.1) is 0 Å². The van der Waals surface area contributed by atoms with Crippen LogP contribution in [0.3, 0.4) is 0 Å². The topological polar surface area (TPSA) is 137 Å². The number of pyridine rings is 1. The van der Waals surface area contributed by atoms with Crippen molar-refractivity contribution in [2.75, 3.05) is 37.5 Å². The molecule has 12 nitrogen and oxygen atoms in total. The molecule has 0 spiro atoms. The summed E-state index contributed by atoms with van der Waals surface area (Å²) in [5, 5.41) is 7.92. The number of para-hydroxylation sites is 1. The van der Waals surface area contributed by atoms with Crippen LogP contribution in [0.5, 0.6) is 11.8 Å². The number of amides is 3. The Labute approximate surface area is 366 Å². The second kappa shape index (κ2) is 19.6. The summed E-state index contributed by atoms with van der Waals surface area (Å²) in [7, 11) is 0.328. The fourth-order valence-electron chi connectivity index (χ4n) is 7.19. The Hall–Kier alpha value is -5.99. The number of ether oxygens (including phenoxy) is 2. The number of rotatable bonds is 16. The summed E-state index contributed by atoms with van der Waals surface area (Å²) in [4.78, 5) is 47.3. The van der Waals surface area contributed by atoms with Crippen molar-refractivity contribution in [2.24, 2.45) is 0 Å². The molecule has 0 bridgehead atoms. The van der Waals surface area contributed by atoms with Gasteiger partial charge >= 0.3 is 0 Å². The summed E-state index contributed by atoms with van der Waals surface area (Å²) in [6.45, 7) is 8.59. The zero-order valence-electron chi connectivity index (χ0n) is 34.9. The van der Waals surface area contributed by atoms with Gasteiger partial charge in [0.1, 0.15) is 23.7 Å². The van der Waals surface area contributed by atoms with Gasteiger partial charge in [0.05, 0.1) is 36.5 Å². The van der Waals surface area contributed by atoms with Gasteiger partial charge in [-0.2, -0.15) is 4.98 Å². The monoisotopic (exact) mass is 878 g/mol. The van der Waals surface area contributed by atoms with Gasteiger partial charge in [-0.25, -0.2) is 4.98 Å². The van der Waals surface area contributed by atoms with Crippen LogP contribution in [0.25, 0.3) is 17.1 Å². The van der Waals surface area contributed by atoms with Crippen LogP contribution in [0.2, 0.25) is 15.1 Å². The standard InChI is InChI=1S/C46H48Cl2N6O6Si/c1-31(55)51-40-24-20-32(28-49-40)21-25-41(56)50-29-42(57)53(5)38-23-22-36(47)35(43(38)48)30-59-39-19-13-18-37-44(39)54(45(52-37)58-6)26-27-60-61(46(2,3)4,33-14-9-7-10-15-33)34-16-11-8-12-17-34/h7-25,28H,26-27,29-30H2,1-6H3,(H,50,56)(H,49,51,55). The number of aromatic nitrogens is 3. The SMILES string of the molecule is COc1nc2cccc(OCc3c(Cl)ccc(N(C)C(=O)CNC(=O)C=Cc4ccc(NC(C)=O)nc4)c3Cl)c2n1CCO[Si](c1ccccc1)(c1ccccc1)C(C)(C)C. The van der Waals surface area contributed by atoms with Crippen molar-refractivity contribution in [1.82, 2.24) is 19.9 Å². The molecule has 2 N–H and O–H groups in total. The van der Waals surface area contributed by atoms with Crippen LogP contribution in [-0.4, -0.2) is 67.9 Å². The Morgan fingerprint density at radius 1 is 0.902 bits per heavy atom. The molecular formula is C46H48Cl2N6O6Si. The highest BCUT2D eigenvalue weighted by Gasteiger charge is 2.50. The average Bonchev–Trinajstić information content (AvgIpc) is 3.62. The lowest BCUT2D eigenvalue weighted by atomic mass is 10.2. The van der Waals surface area contributed by atoms with Crippen LogP contribution in [-0.2, 0) is 32.0 Å². The van der Waals surface area contributed by atoms with E-state index in [1.165, 1.54) is 34.5 Å². The Morgan fingerprint density at radius 3 is 2.20 bits per heavy atom. The summed E-state index contributed by atoms with van der Waals surface area (Å²) in [6.07, 6.45) is 4.35. The first kappa shape index (κ1) is 44.6. The highest BCUT2D eigenvalue weighted by molar-refractivity contribution is 6.99. The van der Waals surface area contributed by atoms with E-state index >= 15 is 0 Å². The van der Waals surface area contributed by atoms with Crippen molar-refractivity contribution >= 4 is 88.2 Å². The van der Waals surface area contributed by atoms with E-state index in [4.69, 9.17) is 42.1 Å². The van der Waals surface area contributed by atoms with Crippen molar-refractivity contribution < 1.29 is 28.3 Å². The van der Waals surface area contributed by atoms with Gasteiger partial charge in [-0.15, -0.1) is 0 Å². The molecule has 0 atom stereocenters. The van der Waals surface area contributed by atoms with E-state index < -0.39 is 20.1 Å². The van der Waals surface area contributed by atoms with Gasteiger partial charge in [0, 0.05) is 43.4 Å². The highest BCUT2D eigenvalue weighted by Crippen LogP contribution is 2.38. The average molecular weight is 880 g/mol. The number of methoxy groups -OCH3 is 1. The van der Waals surface area contributed by atoms with E-state index in [1.54, 1.807) is 44.5 Å². The summed E-state index contributed by atoms with van der Waals surface area (Å²) in [5.41, 5.74) is 2.87. The summed E-state index contributed by atoms with van der Waals surface area (Å²) in [6, 6.07) is 33.6. The first-order chi connectivity index (χ1) is 29.2. The van der Waals surface area contributed by atoms with E-state index in [0.29, 0.717) is 63.6 Å². The molecule has 0 radical (unpaired) electrons. The maximum atomic E-state index is 13.2. The number of nitrogens with one attached hydrogen (secondary N) is 2. The lowest BCUT2D eigenvalue weighted by Gasteiger charge is -2.43. The second-order valence-corrected chi connectivity index (χ2v) is 20.3. The predicted octanol–water partition coefficient (Wildman–Crippen LogP) is 7.65. The third-order valence-corrected chi connectivity index (χ3v) is 16.0. The van der Waals surface area contributed by atoms with Gasteiger partial charge in [-0.1, -0.05) is 111 Å². The van der Waals surface area contributed by atoms with Crippen LogP contribution >= 0.6 is 23.2 Å². The molecule has 15 heteroatoms. The lowest BCUT2D eigenvalue weighted by molar-refractivity contribution is -0.122. The molecule has 0 unspecified atom stereocenters. The summed E-state index contributed by atoms with van der Waals surface area (Å²) >= 11 is 13.6. The number of fused-ring (bicyclic) bond motifs is 1. The van der Waals surface area contributed by atoms with Gasteiger partial charge in [-0.3, -0.25) is 19.0 Å². The number of carbonyl (C=O) groups excluding carboxylic acids is 3. The number of nitrogens with zero attached hydrogens (tertiary/aromatic N) is 4. The molecule has 2 aromatic heterocycles. The third kappa shape index (κ3) is 10.1. The van der Waals surface area contributed by atoms with Crippen molar-refractivity contribution in [2.45, 2.75) is 45.9 Å². The smallest absolute Gasteiger partial charge is 0.297 e. The first-order valence-electron chi connectivity index (χ1n) is 19.6. The minimum absolute atomic E-state index is 0.0269. The molecule has 0 aliphatic rings. The number of hydrogen-bond donors (Lipinski definition) is 2. The molecule has 4 aromatic carbocycles. The highest BCUT2D eigenvalue weighted by atomic mass is 35.5. The van der Waals surface area contributed by atoms with E-state index in [-0.39, 0.29) is 29.1 Å². The van der Waals surface area contributed by atoms with Crippen LogP contribution < -0.4 is 35.4 Å². The van der Waals surface area contributed by atoms with Crippen molar-refractivity contribution in [3.8, 4) is 11.8 Å². The van der Waals surface area contributed by atoms with Crippen molar-refractivity contribution in [3.05, 3.63) is 137 Å². The summed E-state index contributed by atoms with van der Waals surface area (Å²) < 4.78 is 21.4. The molecule has 0 fully saturated rings. The predicted molar refractivity (Wildman–Crippen MR) is 245 cm³/mol. The fourth-order valence-corrected chi connectivity index (χ4v) is 12.4. The van der Waals surface area contributed by atoms with Crippen LogP contribution in [0.1, 0.15) is 38.8 Å². The third-order valence-electron chi connectivity index (χ3n) is 10.1. The molecule has 2 heterocycles. The molecule has 0 aliphatic heterocycles. The van der Waals surface area contributed by atoms with E-state index in [2.05, 4.69) is 84.9 Å². The Kier molecular flexibility index (Phi) is 14.3. The second-order valence-electron chi connectivity index (χ2n) is 15.2. The van der Waals surface area contributed by atoms with Gasteiger partial charge in [0.25, 0.3) is 14.3 Å². The molecule has 0 saturated heterocycles. The van der Waals surface area contributed by atoms with Crippen LogP contribution in [0.15, 0.2) is 115 Å². The number of hydrogen-bond acceptors (Lipinski definition) is 8. The Morgan fingerprint density at radius 2 is 1.59 bits per heavy atom. The normalized spacial score (nSPS) is 11.7. The zero-order valence-corrected chi connectivity index (χ0v) is 37.4. The lowest BCUT2D eigenvalue weighted by Crippen LogP contribution is -2.66. The number of anilines is 2. The molecule has 6 rings (SSSR count). The molecule has 3 amide bonds. The molecule has 61 heavy (non-hydrogen) atoms. The number of likely N-dealkylation sites (N-methyl/N-ethyl adjacent to an activating group) is 1. The number of imidazole rings is 1. The summed E-state index contributed by atoms with van der Waals surface area (Å²) in [5.74, 6) is -0.216. The van der Waals surface area contributed by atoms with Gasteiger partial charge in [0.2, 0.25) is 17.7 Å². The minimum atomic E-state index is -2.82. The number of carbonyl (C=O) groups is 3. The van der Waals surface area contributed by atoms with Crippen molar-refractivity contribution in [1.29, 1.82) is 0 Å². The number of benzene rings is 4. The zero-order chi connectivity index (χ0) is 43.7. The quantitative estimate of drug-likeness (QED) is 0.0748. The van der Waals surface area contributed by atoms with Gasteiger partial charge < -0.3 is 29.4 Å². The Balaban J connectivity index is 1.17. The Bertz CT molecular complexity index is 2490. The molecule has 6 aromatic rings. The fraction of sp³-hybridized carbons (Fsp3) is 0.239. The maximum Gasteiger partial charge on any atom is 0.297 e. The molecule has 0 aliphatic carbocycles. The molecular weight excluding hydrogens is 832 g/mol. The first-order valence-corrected chi connectivity index (χ1v) is 22.2. The van der Waals surface area contributed by atoms with Crippen molar-refractivity contribution in [3.63, 3.8) is 0 Å². The molecule has 0 saturated carbocycles. The number of halogens is 2. The van der Waals surface area contributed by atoms with E-state index in [0.717, 1.165) is 0 Å². The van der Waals surface area contributed by atoms with Gasteiger partial charge in [0.15, 0.2) is 0 Å². The maximum absolute atomic E-state index is 13.2.